The molecule has 0 aromatic heterocycles. The third kappa shape index (κ3) is 4.10. The van der Waals surface area contributed by atoms with Crippen molar-refractivity contribution in [1.82, 2.24) is 0 Å². The van der Waals surface area contributed by atoms with Gasteiger partial charge in [0.05, 0.1) is 23.2 Å². The highest BCUT2D eigenvalue weighted by Crippen LogP contribution is 2.43. The van der Waals surface area contributed by atoms with E-state index in [9.17, 15) is 19.1 Å². The summed E-state index contributed by atoms with van der Waals surface area (Å²) in [5.74, 6) is -2.48. The van der Waals surface area contributed by atoms with Crippen LogP contribution in [0, 0.1) is 12.7 Å². The summed E-state index contributed by atoms with van der Waals surface area (Å²) in [7, 11) is 0. The molecule has 1 aliphatic heterocycles. The number of anilines is 1. The first kappa shape index (κ1) is 22.6. The molecule has 4 rings (SSSR count). The highest BCUT2D eigenvalue weighted by atomic mass is 35.5. The normalized spacial score (nSPS) is 17.5. The molecular weight excluding hydrogens is 445 g/mol. The van der Waals surface area contributed by atoms with Crippen molar-refractivity contribution >= 4 is 34.7 Å². The molecular formula is C26H21ClFNO4. The van der Waals surface area contributed by atoms with Gasteiger partial charge in [0.25, 0.3) is 11.7 Å². The van der Waals surface area contributed by atoms with E-state index in [2.05, 4.69) is 0 Å². The SMILES string of the molecule is CCOc1cc(/C(O)=C2\C(=O)C(=O)N(c3cccc(C)c3)C2c2ccccc2F)ccc1Cl. The lowest BCUT2D eigenvalue weighted by atomic mass is 9.94. The summed E-state index contributed by atoms with van der Waals surface area (Å²) in [4.78, 5) is 27.5. The van der Waals surface area contributed by atoms with Crippen LogP contribution in [-0.2, 0) is 9.59 Å². The number of aliphatic hydroxyl groups excluding tert-OH is 1. The van der Waals surface area contributed by atoms with E-state index in [0.29, 0.717) is 23.1 Å². The molecule has 1 atom stereocenters. The molecule has 5 nitrogen and oxygen atoms in total. The van der Waals surface area contributed by atoms with Crippen molar-refractivity contribution in [3.63, 3.8) is 0 Å². The third-order valence-electron chi connectivity index (χ3n) is 5.43. The molecule has 1 unspecified atom stereocenters. The number of aliphatic hydroxyl groups is 1. The zero-order valence-electron chi connectivity index (χ0n) is 18.0. The second-order valence-electron chi connectivity index (χ2n) is 7.61. The molecule has 1 aliphatic rings. The number of nitrogens with zero attached hydrogens (tertiary/aromatic N) is 1. The quantitative estimate of drug-likeness (QED) is 0.293. The summed E-state index contributed by atoms with van der Waals surface area (Å²) in [6, 6.07) is 16.2. The molecule has 1 heterocycles. The van der Waals surface area contributed by atoms with Gasteiger partial charge in [-0.25, -0.2) is 4.39 Å². The van der Waals surface area contributed by atoms with Gasteiger partial charge in [0.1, 0.15) is 17.3 Å². The molecule has 33 heavy (non-hydrogen) atoms. The van der Waals surface area contributed by atoms with Crippen molar-refractivity contribution in [3.8, 4) is 5.75 Å². The number of hydrogen-bond acceptors (Lipinski definition) is 4. The highest BCUT2D eigenvalue weighted by Gasteiger charge is 2.47. The minimum atomic E-state index is -1.15. The van der Waals surface area contributed by atoms with E-state index in [0.717, 1.165) is 5.56 Å². The zero-order valence-corrected chi connectivity index (χ0v) is 18.8. The van der Waals surface area contributed by atoms with Gasteiger partial charge in [-0.15, -0.1) is 0 Å². The lowest BCUT2D eigenvalue weighted by Crippen LogP contribution is -2.29. The Morgan fingerprint density at radius 2 is 1.85 bits per heavy atom. The van der Waals surface area contributed by atoms with Crippen LogP contribution in [0.2, 0.25) is 5.02 Å². The second kappa shape index (κ2) is 9.08. The lowest BCUT2D eigenvalue weighted by Gasteiger charge is -2.26. The van der Waals surface area contributed by atoms with Gasteiger partial charge in [-0.1, -0.05) is 41.9 Å². The average Bonchev–Trinajstić information content (AvgIpc) is 3.05. The van der Waals surface area contributed by atoms with Crippen LogP contribution in [0.1, 0.15) is 29.7 Å². The van der Waals surface area contributed by atoms with Gasteiger partial charge in [-0.05, 0) is 55.8 Å². The maximum absolute atomic E-state index is 14.9. The Labute approximate surface area is 195 Å². The molecule has 1 N–H and O–H groups in total. The van der Waals surface area contributed by atoms with E-state index < -0.39 is 29.3 Å². The van der Waals surface area contributed by atoms with E-state index in [-0.39, 0.29) is 16.7 Å². The van der Waals surface area contributed by atoms with Crippen molar-refractivity contribution in [1.29, 1.82) is 0 Å². The first-order valence-electron chi connectivity index (χ1n) is 10.4. The summed E-state index contributed by atoms with van der Waals surface area (Å²) in [6.07, 6.45) is 0. The fourth-order valence-corrected chi connectivity index (χ4v) is 4.11. The largest absolute Gasteiger partial charge is 0.507 e. The van der Waals surface area contributed by atoms with Crippen molar-refractivity contribution in [2.24, 2.45) is 0 Å². The predicted molar refractivity (Wildman–Crippen MR) is 125 cm³/mol. The molecule has 0 saturated carbocycles. The zero-order chi connectivity index (χ0) is 23.7. The molecule has 1 fully saturated rings. The van der Waals surface area contributed by atoms with Crippen molar-refractivity contribution < 1.29 is 23.8 Å². The third-order valence-corrected chi connectivity index (χ3v) is 5.74. The molecule has 168 valence electrons. The maximum atomic E-state index is 14.9. The van der Waals surface area contributed by atoms with E-state index in [1.54, 1.807) is 31.2 Å². The number of rotatable bonds is 5. The molecule has 1 amide bonds. The number of halogens is 2. The van der Waals surface area contributed by atoms with E-state index >= 15 is 0 Å². The van der Waals surface area contributed by atoms with E-state index in [1.165, 1.54) is 41.3 Å². The Kier molecular flexibility index (Phi) is 6.20. The van der Waals surface area contributed by atoms with Crippen LogP contribution in [0.15, 0.2) is 72.3 Å². The summed E-state index contributed by atoms with van der Waals surface area (Å²) in [6.45, 7) is 3.98. The summed E-state index contributed by atoms with van der Waals surface area (Å²) < 4.78 is 20.4. The number of ether oxygens (including phenoxy) is 1. The standard InChI is InChI=1S/C26H21ClFNO4/c1-3-33-21-14-16(11-12-19(21)27)24(30)22-23(18-9-4-5-10-20(18)28)29(26(32)25(22)31)17-8-6-7-15(2)13-17/h4-14,23,30H,3H2,1-2H3/b24-22+. The van der Waals surface area contributed by atoms with Gasteiger partial charge >= 0.3 is 0 Å². The van der Waals surface area contributed by atoms with Gasteiger partial charge in [-0.3, -0.25) is 14.5 Å². The van der Waals surface area contributed by atoms with Crippen LogP contribution in [0.5, 0.6) is 5.75 Å². The Hall–Kier alpha value is -3.64. The highest BCUT2D eigenvalue weighted by molar-refractivity contribution is 6.51. The predicted octanol–water partition coefficient (Wildman–Crippen LogP) is 5.81. The Bertz CT molecular complexity index is 1290. The first-order chi connectivity index (χ1) is 15.8. The van der Waals surface area contributed by atoms with Crippen LogP contribution in [0.25, 0.3) is 5.76 Å². The molecule has 0 bridgehead atoms. The lowest BCUT2D eigenvalue weighted by molar-refractivity contribution is -0.132. The summed E-state index contributed by atoms with van der Waals surface area (Å²) >= 11 is 6.15. The number of carbonyl (C=O) groups excluding carboxylic acids is 2. The number of aryl methyl sites for hydroxylation is 1. The van der Waals surface area contributed by atoms with Gasteiger partial charge in [0, 0.05) is 16.8 Å². The fraction of sp³-hybridized carbons (Fsp3) is 0.154. The second-order valence-corrected chi connectivity index (χ2v) is 8.02. The molecule has 3 aromatic rings. The van der Waals surface area contributed by atoms with Gasteiger partial charge in [0.15, 0.2) is 0 Å². The smallest absolute Gasteiger partial charge is 0.300 e. The molecule has 1 saturated heterocycles. The molecule has 7 heteroatoms. The van der Waals surface area contributed by atoms with Crippen LogP contribution < -0.4 is 9.64 Å². The monoisotopic (exact) mass is 465 g/mol. The molecule has 0 aliphatic carbocycles. The average molecular weight is 466 g/mol. The van der Waals surface area contributed by atoms with Gasteiger partial charge < -0.3 is 9.84 Å². The molecule has 0 spiro atoms. The van der Waals surface area contributed by atoms with Crippen LogP contribution >= 0.6 is 11.6 Å². The minimum Gasteiger partial charge on any atom is -0.507 e. The van der Waals surface area contributed by atoms with Crippen molar-refractivity contribution in [3.05, 3.63) is 99.8 Å². The van der Waals surface area contributed by atoms with Crippen molar-refractivity contribution in [2.75, 3.05) is 11.5 Å². The number of hydrogen-bond donors (Lipinski definition) is 1. The number of carbonyl (C=O) groups is 2. The minimum absolute atomic E-state index is 0.0961. The maximum Gasteiger partial charge on any atom is 0.300 e. The Morgan fingerprint density at radius 1 is 1.09 bits per heavy atom. The van der Waals surface area contributed by atoms with E-state index in [1.807, 2.05) is 13.0 Å². The number of ketones is 1. The number of benzene rings is 3. The summed E-state index contributed by atoms with van der Waals surface area (Å²) in [5, 5.41) is 11.5. The van der Waals surface area contributed by atoms with Crippen LogP contribution in [0.3, 0.4) is 0 Å². The first-order valence-corrected chi connectivity index (χ1v) is 10.8. The topological polar surface area (TPSA) is 66.8 Å². The summed E-state index contributed by atoms with van der Waals surface area (Å²) in [5.41, 5.74) is 1.40. The van der Waals surface area contributed by atoms with E-state index in [4.69, 9.17) is 16.3 Å². The molecule has 0 radical (unpaired) electrons. The number of Topliss-reactive ketones (excluding diaryl/α,β-unsaturated/α-hetero) is 1. The van der Waals surface area contributed by atoms with Crippen molar-refractivity contribution in [2.45, 2.75) is 19.9 Å². The Morgan fingerprint density at radius 3 is 2.55 bits per heavy atom. The fourth-order valence-electron chi connectivity index (χ4n) is 3.94. The molecule has 3 aromatic carbocycles. The Balaban J connectivity index is 1.96. The van der Waals surface area contributed by atoms with Gasteiger partial charge in [0.2, 0.25) is 0 Å². The van der Waals surface area contributed by atoms with Crippen LogP contribution in [-0.4, -0.2) is 23.4 Å². The van der Waals surface area contributed by atoms with Gasteiger partial charge in [-0.2, -0.15) is 0 Å². The van der Waals surface area contributed by atoms with Crippen LogP contribution in [0.4, 0.5) is 10.1 Å². The number of amides is 1.